The van der Waals surface area contributed by atoms with Crippen molar-refractivity contribution in [3.8, 4) is 11.5 Å². The molecule has 0 saturated carbocycles. The average Bonchev–Trinajstić information content (AvgIpc) is 2.56. The van der Waals surface area contributed by atoms with Gasteiger partial charge in [0.05, 0.1) is 19.4 Å². The van der Waals surface area contributed by atoms with Gasteiger partial charge in [0.25, 0.3) is 0 Å². The summed E-state index contributed by atoms with van der Waals surface area (Å²) in [5.74, 6) is -0.241. The zero-order valence-corrected chi connectivity index (χ0v) is 14.6. The summed E-state index contributed by atoms with van der Waals surface area (Å²) >= 11 is 0. The van der Waals surface area contributed by atoms with Crippen LogP contribution in [0.5, 0.6) is 11.5 Å². The zero-order chi connectivity index (χ0) is 17.9. The number of nitrogens with one attached hydrogen (secondary N) is 2. The summed E-state index contributed by atoms with van der Waals surface area (Å²) in [6, 6.07) is 5.24. The number of nitrogens with zero attached hydrogens (tertiary/aromatic N) is 1. The molecule has 0 fully saturated rings. The van der Waals surface area contributed by atoms with Gasteiger partial charge in [-0.15, -0.1) is 0 Å². The molecular weight excluding hydrogens is 310 g/mol. The Labute approximate surface area is 142 Å². The van der Waals surface area contributed by atoms with Crippen LogP contribution in [-0.2, 0) is 9.59 Å². The van der Waals surface area contributed by atoms with E-state index in [1.165, 1.54) is 6.21 Å². The van der Waals surface area contributed by atoms with E-state index in [-0.39, 0.29) is 6.04 Å². The molecule has 0 bridgehead atoms. The normalized spacial score (nSPS) is 11.8. The van der Waals surface area contributed by atoms with Gasteiger partial charge in [-0.1, -0.05) is 6.92 Å². The zero-order valence-electron chi connectivity index (χ0n) is 14.6. The highest BCUT2D eigenvalue weighted by molar-refractivity contribution is 6.35. The van der Waals surface area contributed by atoms with Crippen LogP contribution in [0.2, 0.25) is 0 Å². The van der Waals surface area contributed by atoms with Crippen LogP contribution < -0.4 is 20.2 Å². The van der Waals surface area contributed by atoms with Gasteiger partial charge in [0.2, 0.25) is 0 Å². The minimum Gasteiger partial charge on any atom is -0.494 e. The van der Waals surface area contributed by atoms with Crippen LogP contribution in [0.4, 0.5) is 0 Å². The monoisotopic (exact) mass is 335 g/mol. The van der Waals surface area contributed by atoms with E-state index in [9.17, 15) is 9.59 Å². The summed E-state index contributed by atoms with van der Waals surface area (Å²) in [6.45, 7) is 8.55. The first-order valence-electron chi connectivity index (χ1n) is 8.05. The second-order valence-electron chi connectivity index (χ2n) is 5.05. The summed E-state index contributed by atoms with van der Waals surface area (Å²) in [6.07, 6.45) is 2.17. The lowest BCUT2D eigenvalue weighted by atomic mass is 10.2. The number of carbonyl (C=O) groups is 2. The molecule has 0 aromatic heterocycles. The van der Waals surface area contributed by atoms with E-state index < -0.39 is 11.8 Å². The van der Waals surface area contributed by atoms with E-state index in [2.05, 4.69) is 15.8 Å². The molecule has 2 amide bonds. The Hall–Kier alpha value is -2.57. The first kappa shape index (κ1) is 19.5. The van der Waals surface area contributed by atoms with Gasteiger partial charge in [0.15, 0.2) is 0 Å². The Morgan fingerprint density at radius 1 is 1.17 bits per heavy atom. The molecule has 7 heteroatoms. The topological polar surface area (TPSA) is 89.0 Å². The molecule has 2 N–H and O–H groups in total. The third-order valence-electron chi connectivity index (χ3n) is 3.16. The highest BCUT2D eigenvalue weighted by Gasteiger charge is 2.14. The van der Waals surface area contributed by atoms with Crippen molar-refractivity contribution in [2.45, 2.75) is 40.2 Å². The molecule has 24 heavy (non-hydrogen) atoms. The van der Waals surface area contributed by atoms with Crippen LogP contribution in [0, 0.1) is 0 Å². The molecule has 0 aliphatic carbocycles. The van der Waals surface area contributed by atoms with E-state index in [0.717, 1.165) is 6.42 Å². The molecule has 1 rings (SSSR count). The molecular formula is C17H25N3O4. The number of hydrogen-bond donors (Lipinski definition) is 2. The summed E-state index contributed by atoms with van der Waals surface area (Å²) in [4.78, 5) is 23.2. The van der Waals surface area contributed by atoms with Crippen LogP contribution in [0.3, 0.4) is 0 Å². The van der Waals surface area contributed by atoms with Gasteiger partial charge in [-0.25, -0.2) is 5.43 Å². The van der Waals surface area contributed by atoms with Crippen molar-refractivity contribution in [1.82, 2.24) is 10.7 Å². The molecule has 1 atom stereocenters. The Balaban J connectivity index is 2.72. The summed E-state index contributed by atoms with van der Waals surface area (Å²) in [7, 11) is 0. The lowest BCUT2D eigenvalue weighted by Gasteiger charge is -2.10. The van der Waals surface area contributed by atoms with Crippen molar-refractivity contribution in [2.75, 3.05) is 13.2 Å². The molecule has 0 radical (unpaired) electrons. The number of rotatable bonds is 8. The van der Waals surface area contributed by atoms with Crippen molar-refractivity contribution in [3.05, 3.63) is 23.8 Å². The van der Waals surface area contributed by atoms with Gasteiger partial charge in [0, 0.05) is 17.7 Å². The molecule has 0 aliphatic rings. The van der Waals surface area contributed by atoms with Crippen molar-refractivity contribution in [1.29, 1.82) is 0 Å². The highest BCUT2D eigenvalue weighted by atomic mass is 16.5. The van der Waals surface area contributed by atoms with Gasteiger partial charge >= 0.3 is 11.8 Å². The fourth-order valence-electron chi connectivity index (χ4n) is 1.76. The van der Waals surface area contributed by atoms with Crippen LogP contribution in [-0.4, -0.2) is 37.3 Å². The second-order valence-corrected chi connectivity index (χ2v) is 5.05. The van der Waals surface area contributed by atoms with Crippen molar-refractivity contribution < 1.29 is 19.1 Å². The number of amides is 2. The minimum atomic E-state index is -0.810. The molecule has 0 spiro atoms. The summed E-state index contributed by atoms with van der Waals surface area (Å²) < 4.78 is 11.0. The van der Waals surface area contributed by atoms with E-state index in [1.54, 1.807) is 18.2 Å². The third-order valence-corrected chi connectivity index (χ3v) is 3.16. The van der Waals surface area contributed by atoms with Gasteiger partial charge in [0.1, 0.15) is 11.5 Å². The number of benzene rings is 1. The standard InChI is InChI=1S/C17H25N3O4/c1-5-12(4)19-16(21)17(22)20-18-11-13-8-9-14(23-6-2)10-15(13)24-7-3/h8-12H,5-7H2,1-4H3,(H,19,21)(H,20,22)/b18-11-/t12-/m1/s1. The van der Waals surface area contributed by atoms with Gasteiger partial charge in [-0.05, 0) is 39.3 Å². The highest BCUT2D eigenvalue weighted by Crippen LogP contribution is 2.23. The predicted molar refractivity (Wildman–Crippen MR) is 92.4 cm³/mol. The van der Waals surface area contributed by atoms with E-state index in [0.29, 0.717) is 30.3 Å². The SMILES string of the molecule is CCOc1ccc(/C=N\NC(=O)C(=O)N[C@H](C)CC)c(OCC)c1. The average molecular weight is 335 g/mol. The maximum atomic E-state index is 11.6. The first-order chi connectivity index (χ1) is 11.5. The van der Waals surface area contributed by atoms with E-state index in [4.69, 9.17) is 9.47 Å². The Kier molecular flexibility index (Phi) is 8.32. The Bertz CT molecular complexity index is 587. The largest absolute Gasteiger partial charge is 0.494 e. The molecule has 0 unspecified atom stereocenters. The molecule has 1 aromatic carbocycles. The van der Waals surface area contributed by atoms with E-state index in [1.807, 2.05) is 27.7 Å². The molecule has 0 heterocycles. The molecule has 7 nitrogen and oxygen atoms in total. The minimum absolute atomic E-state index is 0.0668. The van der Waals surface area contributed by atoms with Crippen LogP contribution in [0.1, 0.15) is 39.7 Å². The molecule has 132 valence electrons. The number of carbonyl (C=O) groups excluding carboxylic acids is 2. The second kappa shape index (κ2) is 10.3. The fourth-order valence-corrected chi connectivity index (χ4v) is 1.76. The molecule has 0 aliphatic heterocycles. The number of hydrogen-bond acceptors (Lipinski definition) is 5. The van der Waals surface area contributed by atoms with Crippen molar-refractivity contribution in [3.63, 3.8) is 0 Å². The molecule has 0 saturated heterocycles. The summed E-state index contributed by atoms with van der Waals surface area (Å²) in [5.41, 5.74) is 2.87. The van der Waals surface area contributed by atoms with E-state index >= 15 is 0 Å². The fraction of sp³-hybridized carbons (Fsp3) is 0.471. The lowest BCUT2D eigenvalue weighted by molar-refractivity contribution is -0.139. The van der Waals surface area contributed by atoms with Crippen LogP contribution >= 0.6 is 0 Å². The smallest absolute Gasteiger partial charge is 0.329 e. The number of ether oxygens (including phenoxy) is 2. The number of hydrazone groups is 1. The quantitative estimate of drug-likeness (QED) is 0.431. The Morgan fingerprint density at radius 2 is 1.88 bits per heavy atom. The first-order valence-corrected chi connectivity index (χ1v) is 8.05. The third kappa shape index (κ3) is 6.28. The van der Waals surface area contributed by atoms with Crippen LogP contribution in [0.25, 0.3) is 0 Å². The lowest BCUT2D eigenvalue weighted by Crippen LogP contribution is -2.41. The predicted octanol–water partition coefficient (Wildman–Crippen LogP) is 1.85. The maximum Gasteiger partial charge on any atom is 0.329 e. The van der Waals surface area contributed by atoms with Gasteiger partial charge < -0.3 is 14.8 Å². The van der Waals surface area contributed by atoms with Gasteiger partial charge in [-0.2, -0.15) is 5.10 Å². The maximum absolute atomic E-state index is 11.6. The summed E-state index contributed by atoms with van der Waals surface area (Å²) in [5, 5.41) is 6.37. The van der Waals surface area contributed by atoms with Gasteiger partial charge in [-0.3, -0.25) is 9.59 Å². The van der Waals surface area contributed by atoms with Crippen LogP contribution in [0.15, 0.2) is 23.3 Å². The molecule has 1 aromatic rings. The van der Waals surface area contributed by atoms with Crippen molar-refractivity contribution in [2.24, 2.45) is 5.10 Å². The van der Waals surface area contributed by atoms with Crippen molar-refractivity contribution >= 4 is 18.0 Å². The Morgan fingerprint density at radius 3 is 2.50 bits per heavy atom.